The van der Waals surface area contributed by atoms with Gasteiger partial charge in [-0.05, 0) is 38.1 Å². The number of ether oxygens (including phenoxy) is 2. The van der Waals surface area contributed by atoms with E-state index < -0.39 is 0 Å². The minimum Gasteiger partial charge on any atom is -0.458 e. The predicted molar refractivity (Wildman–Crippen MR) is 124 cm³/mol. The summed E-state index contributed by atoms with van der Waals surface area (Å²) in [6.07, 6.45) is 1.33. The molecular formula is C24H33N3O4. The van der Waals surface area contributed by atoms with E-state index in [9.17, 15) is 9.59 Å². The fourth-order valence-electron chi connectivity index (χ4n) is 2.71. The van der Waals surface area contributed by atoms with E-state index in [1.807, 2.05) is 53.7 Å². The van der Waals surface area contributed by atoms with Gasteiger partial charge in [-0.15, -0.1) is 0 Å². The van der Waals surface area contributed by atoms with E-state index in [0.717, 1.165) is 10.9 Å². The Hall–Kier alpha value is -3.35. The largest absolute Gasteiger partial charge is 0.458 e. The Balaban J connectivity index is 0.00000113. The van der Waals surface area contributed by atoms with Gasteiger partial charge in [0.1, 0.15) is 22.9 Å². The highest BCUT2D eigenvalue weighted by molar-refractivity contribution is 5.96. The molecule has 7 heteroatoms. The zero-order valence-corrected chi connectivity index (χ0v) is 19.6. The van der Waals surface area contributed by atoms with Gasteiger partial charge in [-0.25, -0.2) is 4.79 Å². The van der Waals surface area contributed by atoms with Crippen molar-refractivity contribution >= 4 is 22.8 Å². The van der Waals surface area contributed by atoms with Crippen LogP contribution in [0.5, 0.6) is 11.5 Å². The summed E-state index contributed by atoms with van der Waals surface area (Å²) in [6.45, 7) is 11.6. The van der Waals surface area contributed by atoms with Crippen molar-refractivity contribution in [1.82, 2.24) is 14.9 Å². The minimum atomic E-state index is -0.365. The molecule has 0 atom stereocenters. The van der Waals surface area contributed by atoms with Crippen LogP contribution in [0.25, 0.3) is 10.9 Å². The summed E-state index contributed by atoms with van der Waals surface area (Å²) in [7, 11) is 3.35. The maximum Gasteiger partial charge on any atom is 0.355 e. The molecule has 0 unspecified atom stereocenters. The molecule has 2 aromatic heterocycles. The third-order valence-corrected chi connectivity index (χ3v) is 4.00. The van der Waals surface area contributed by atoms with Crippen LogP contribution < -0.4 is 10.1 Å². The van der Waals surface area contributed by atoms with Gasteiger partial charge in [0, 0.05) is 37.8 Å². The quantitative estimate of drug-likeness (QED) is 0.556. The van der Waals surface area contributed by atoms with Crippen molar-refractivity contribution in [2.24, 2.45) is 7.05 Å². The Bertz CT molecular complexity index is 1010. The van der Waals surface area contributed by atoms with Crippen LogP contribution >= 0.6 is 0 Å². The van der Waals surface area contributed by atoms with Crippen molar-refractivity contribution in [1.29, 1.82) is 0 Å². The molecule has 0 bridgehead atoms. The van der Waals surface area contributed by atoms with E-state index in [-0.39, 0.29) is 23.7 Å². The molecule has 3 aromatic rings. The van der Waals surface area contributed by atoms with Gasteiger partial charge in [-0.3, -0.25) is 9.78 Å². The average molecular weight is 428 g/mol. The number of amides is 1. The van der Waals surface area contributed by atoms with E-state index in [1.165, 1.54) is 6.20 Å². The van der Waals surface area contributed by atoms with Crippen LogP contribution in [0.15, 0.2) is 42.6 Å². The molecule has 31 heavy (non-hydrogen) atoms. The standard InChI is InChI=1S/C20H21N3O4.2C2H6/c1-12(2)26-20(25)18-9-13-5-6-14(11-17(13)23(18)4)27-15-7-8-22-16(10-15)19(24)21-3;2*1-2/h5-12H,1-4H3,(H,21,24);2*1-2H3. The average Bonchev–Trinajstić information content (AvgIpc) is 3.12. The molecule has 0 fully saturated rings. The third kappa shape index (κ3) is 6.57. The van der Waals surface area contributed by atoms with Crippen LogP contribution in [0.4, 0.5) is 0 Å². The van der Waals surface area contributed by atoms with Gasteiger partial charge < -0.3 is 19.4 Å². The second kappa shape index (κ2) is 12.4. The first-order chi connectivity index (χ1) is 14.9. The number of rotatable bonds is 5. The molecular weight excluding hydrogens is 394 g/mol. The first-order valence-corrected chi connectivity index (χ1v) is 10.6. The Kier molecular flexibility index (Phi) is 10.2. The van der Waals surface area contributed by atoms with Crippen molar-refractivity contribution in [3.8, 4) is 11.5 Å². The maximum absolute atomic E-state index is 12.2. The summed E-state index contributed by atoms with van der Waals surface area (Å²) >= 11 is 0. The Morgan fingerprint density at radius 3 is 2.26 bits per heavy atom. The third-order valence-electron chi connectivity index (χ3n) is 4.00. The zero-order valence-electron chi connectivity index (χ0n) is 19.6. The lowest BCUT2D eigenvalue weighted by molar-refractivity contribution is 0.0367. The molecule has 1 N–H and O–H groups in total. The molecule has 0 spiro atoms. The molecule has 168 valence electrons. The van der Waals surface area contributed by atoms with Crippen molar-refractivity contribution in [2.75, 3.05) is 7.05 Å². The number of hydrogen-bond donors (Lipinski definition) is 1. The number of fused-ring (bicyclic) bond motifs is 1. The summed E-state index contributed by atoms with van der Waals surface area (Å²) in [6, 6.07) is 10.5. The maximum atomic E-state index is 12.2. The number of nitrogens with one attached hydrogen (secondary N) is 1. The number of benzene rings is 1. The van der Waals surface area contributed by atoms with E-state index in [4.69, 9.17) is 9.47 Å². The van der Waals surface area contributed by atoms with Crippen LogP contribution in [0.1, 0.15) is 62.5 Å². The van der Waals surface area contributed by atoms with Crippen LogP contribution in [0.2, 0.25) is 0 Å². The molecule has 7 nitrogen and oxygen atoms in total. The normalized spacial score (nSPS) is 9.84. The Morgan fingerprint density at radius 1 is 1.00 bits per heavy atom. The molecule has 0 saturated heterocycles. The molecule has 2 heterocycles. The van der Waals surface area contributed by atoms with Gasteiger partial charge in [0.05, 0.1) is 11.6 Å². The zero-order chi connectivity index (χ0) is 23.6. The second-order valence-corrected chi connectivity index (χ2v) is 6.32. The summed E-state index contributed by atoms with van der Waals surface area (Å²) in [5.41, 5.74) is 1.58. The van der Waals surface area contributed by atoms with Crippen LogP contribution in [0, 0.1) is 0 Å². The van der Waals surface area contributed by atoms with Crippen molar-refractivity contribution < 1.29 is 19.1 Å². The number of carbonyl (C=O) groups excluding carboxylic acids is 2. The van der Waals surface area contributed by atoms with Gasteiger partial charge in [-0.2, -0.15) is 0 Å². The first kappa shape index (κ1) is 25.7. The Morgan fingerprint density at radius 2 is 1.65 bits per heavy atom. The summed E-state index contributed by atoms with van der Waals surface area (Å²) in [5.74, 6) is 0.431. The molecule has 0 aliphatic carbocycles. The van der Waals surface area contributed by atoms with Gasteiger partial charge >= 0.3 is 5.97 Å². The highest BCUT2D eigenvalue weighted by atomic mass is 16.5. The summed E-state index contributed by atoms with van der Waals surface area (Å²) in [4.78, 5) is 28.0. The number of hydrogen-bond acceptors (Lipinski definition) is 5. The van der Waals surface area contributed by atoms with Crippen LogP contribution in [-0.4, -0.2) is 34.6 Å². The summed E-state index contributed by atoms with van der Waals surface area (Å²) in [5, 5.41) is 3.43. The van der Waals surface area contributed by atoms with Gasteiger partial charge in [0.25, 0.3) is 5.91 Å². The van der Waals surface area contributed by atoms with Crippen molar-refractivity contribution in [3.63, 3.8) is 0 Å². The highest BCUT2D eigenvalue weighted by Gasteiger charge is 2.16. The second-order valence-electron chi connectivity index (χ2n) is 6.32. The van der Waals surface area contributed by atoms with Crippen LogP contribution in [-0.2, 0) is 11.8 Å². The minimum absolute atomic E-state index is 0.185. The lowest BCUT2D eigenvalue weighted by Gasteiger charge is -2.09. The number of pyridine rings is 1. The molecule has 1 aromatic carbocycles. The fourth-order valence-corrected chi connectivity index (χ4v) is 2.71. The van der Waals surface area contributed by atoms with Crippen molar-refractivity contribution in [3.05, 3.63) is 54.0 Å². The molecule has 0 saturated carbocycles. The number of aromatic nitrogens is 2. The Labute approximate surface area is 184 Å². The molecule has 1 amide bonds. The van der Waals surface area contributed by atoms with E-state index in [2.05, 4.69) is 10.3 Å². The predicted octanol–water partition coefficient (Wildman–Crippen LogP) is 5.34. The van der Waals surface area contributed by atoms with E-state index in [1.54, 1.807) is 42.9 Å². The number of nitrogens with zero attached hydrogens (tertiary/aromatic N) is 2. The highest BCUT2D eigenvalue weighted by Crippen LogP contribution is 2.28. The first-order valence-electron chi connectivity index (χ1n) is 10.6. The molecule has 0 aliphatic heterocycles. The van der Waals surface area contributed by atoms with Crippen molar-refractivity contribution in [2.45, 2.75) is 47.6 Å². The smallest absolute Gasteiger partial charge is 0.355 e. The molecule has 0 radical (unpaired) electrons. The molecule has 3 rings (SSSR count). The number of carbonyl (C=O) groups is 2. The van der Waals surface area contributed by atoms with Gasteiger partial charge in [0.2, 0.25) is 0 Å². The number of aryl methyl sites for hydroxylation is 1. The molecule has 0 aliphatic rings. The monoisotopic (exact) mass is 427 g/mol. The number of esters is 1. The van der Waals surface area contributed by atoms with Gasteiger partial charge in [0.15, 0.2) is 0 Å². The van der Waals surface area contributed by atoms with E-state index >= 15 is 0 Å². The lowest BCUT2D eigenvalue weighted by Crippen LogP contribution is -2.18. The topological polar surface area (TPSA) is 82.5 Å². The van der Waals surface area contributed by atoms with E-state index in [0.29, 0.717) is 17.2 Å². The summed E-state index contributed by atoms with van der Waals surface area (Å²) < 4.78 is 12.9. The van der Waals surface area contributed by atoms with Crippen LogP contribution in [0.3, 0.4) is 0 Å². The van der Waals surface area contributed by atoms with Gasteiger partial charge in [-0.1, -0.05) is 27.7 Å². The fraction of sp³-hybridized carbons (Fsp3) is 0.375. The SMILES string of the molecule is CC.CC.CNC(=O)c1cc(Oc2ccc3cc(C(=O)OC(C)C)n(C)c3c2)ccn1. The lowest BCUT2D eigenvalue weighted by atomic mass is 10.2.